The van der Waals surface area contributed by atoms with Crippen LogP contribution >= 0.6 is 11.6 Å². The molecule has 0 saturated heterocycles. The molecule has 6 heteroatoms. The van der Waals surface area contributed by atoms with Gasteiger partial charge in [0.2, 0.25) is 0 Å². The zero-order valence-electron chi connectivity index (χ0n) is 11.0. The van der Waals surface area contributed by atoms with E-state index in [-0.39, 0.29) is 16.0 Å². The molecule has 1 aromatic carbocycles. The quantitative estimate of drug-likeness (QED) is 0.847. The van der Waals surface area contributed by atoms with Crippen LogP contribution in [0.15, 0.2) is 12.1 Å². The van der Waals surface area contributed by atoms with E-state index in [2.05, 4.69) is 4.74 Å². The molecule has 1 fully saturated rings. The number of esters is 1. The molecule has 108 valence electrons. The van der Waals surface area contributed by atoms with Crippen molar-refractivity contribution in [3.63, 3.8) is 0 Å². The van der Waals surface area contributed by atoms with Crippen molar-refractivity contribution >= 4 is 17.6 Å². The molecule has 1 heterocycles. The van der Waals surface area contributed by atoms with Gasteiger partial charge in [-0.3, -0.25) is 0 Å². The number of fused-ring (bicyclic) bond motifs is 1. The minimum atomic E-state index is -1.43. The van der Waals surface area contributed by atoms with Crippen LogP contribution in [0, 0.1) is 5.41 Å². The van der Waals surface area contributed by atoms with Crippen LogP contribution < -0.4 is 9.47 Å². The van der Waals surface area contributed by atoms with E-state index in [4.69, 9.17) is 21.1 Å². The van der Waals surface area contributed by atoms with Crippen molar-refractivity contribution in [2.75, 3.05) is 20.3 Å². The van der Waals surface area contributed by atoms with Crippen LogP contribution in [0.3, 0.4) is 0 Å². The highest BCUT2D eigenvalue weighted by molar-refractivity contribution is 6.31. The third-order valence-electron chi connectivity index (χ3n) is 3.81. The maximum absolute atomic E-state index is 11.4. The molecule has 1 aromatic rings. The molecule has 1 N–H and O–H groups in total. The van der Waals surface area contributed by atoms with Crippen LogP contribution in [0.1, 0.15) is 24.5 Å². The lowest BCUT2D eigenvalue weighted by Crippen LogP contribution is -2.17. The lowest BCUT2D eigenvalue weighted by molar-refractivity contribution is -0.150. The molecule has 1 saturated carbocycles. The fraction of sp³-hybridized carbons (Fsp3) is 0.500. The van der Waals surface area contributed by atoms with Gasteiger partial charge in [0.1, 0.15) is 0 Å². The Morgan fingerprint density at radius 2 is 1.95 bits per heavy atom. The lowest BCUT2D eigenvalue weighted by atomic mass is 10.1. The average molecular weight is 299 g/mol. The first kappa shape index (κ1) is 13.5. The molecule has 0 bridgehead atoms. The maximum atomic E-state index is 11.4. The summed E-state index contributed by atoms with van der Waals surface area (Å²) in [5, 5.41) is 10.1. The Labute approximate surface area is 121 Å². The van der Waals surface area contributed by atoms with Crippen LogP contribution in [0.5, 0.6) is 11.5 Å². The van der Waals surface area contributed by atoms with E-state index >= 15 is 0 Å². The Balaban J connectivity index is 1.91. The van der Waals surface area contributed by atoms with Crippen LogP contribution in [-0.2, 0) is 9.53 Å². The number of hydrogen-bond donors (Lipinski definition) is 1. The second-order valence-corrected chi connectivity index (χ2v) is 5.73. The number of methoxy groups -OCH3 is 1. The maximum Gasteiger partial charge on any atom is 0.339 e. The molecule has 3 rings (SSSR count). The molecule has 1 spiro atoms. The minimum absolute atomic E-state index is 0.118. The topological polar surface area (TPSA) is 65.0 Å². The molecule has 1 aliphatic carbocycles. The second-order valence-electron chi connectivity index (χ2n) is 5.32. The number of halogens is 1. The zero-order chi connectivity index (χ0) is 14.3. The van der Waals surface area contributed by atoms with Crippen molar-refractivity contribution in [3.8, 4) is 11.5 Å². The molecular formula is C14H15ClO5. The highest BCUT2D eigenvalue weighted by Crippen LogP contribution is 2.49. The number of carbonyl (C=O) groups excluding carboxylic acids is 1. The van der Waals surface area contributed by atoms with E-state index in [1.807, 2.05) is 0 Å². The minimum Gasteiger partial charge on any atom is -0.489 e. The SMILES string of the molecule is COC(=O)C(O)c1cc2c(cc1Cl)OCC1(CC1)CO2. The number of benzene rings is 1. The van der Waals surface area contributed by atoms with Gasteiger partial charge in [0.25, 0.3) is 0 Å². The van der Waals surface area contributed by atoms with Crippen molar-refractivity contribution < 1.29 is 24.1 Å². The summed E-state index contributed by atoms with van der Waals surface area (Å²) < 4.78 is 16.0. The Bertz CT molecular complexity index is 553. The molecule has 2 aliphatic rings. The van der Waals surface area contributed by atoms with E-state index in [1.165, 1.54) is 7.11 Å². The molecule has 5 nitrogen and oxygen atoms in total. The van der Waals surface area contributed by atoms with E-state index in [0.717, 1.165) is 12.8 Å². The molecule has 1 atom stereocenters. The van der Waals surface area contributed by atoms with E-state index < -0.39 is 12.1 Å². The van der Waals surface area contributed by atoms with Gasteiger partial charge in [-0.15, -0.1) is 0 Å². The summed E-state index contributed by atoms with van der Waals surface area (Å²) >= 11 is 6.09. The second kappa shape index (κ2) is 4.82. The van der Waals surface area contributed by atoms with Crippen LogP contribution in [0.25, 0.3) is 0 Å². The molecule has 20 heavy (non-hydrogen) atoms. The summed E-state index contributed by atoms with van der Waals surface area (Å²) in [5.74, 6) is 0.274. The first-order valence-corrected chi connectivity index (χ1v) is 6.77. The number of ether oxygens (including phenoxy) is 3. The fourth-order valence-corrected chi connectivity index (χ4v) is 2.45. The van der Waals surface area contributed by atoms with Crippen molar-refractivity contribution in [3.05, 3.63) is 22.7 Å². The molecule has 1 aliphatic heterocycles. The monoisotopic (exact) mass is 298 g/mol. The predicted octanol–water partition coefficient (Wildman–Crippen LogP) is 2.10. The van der Waals surface area contributed by atoms with Crippen LogP contribution in [0.4, 0.5) is 0 Å². The van der Waals surface area contributed by atoms with Crippen molar-refractivity contribution in [1.29, 1.82) is 0 Å². The molecule has 0 radical (unpaired) electrons. The van der Waals surface area contributed by atoms with Gasteiger partial charge >= 0.3 is 5.97 Å². The van der Waals surface area contributed by atoms with Crippen molar-refractivity contribution in [2.24, 2.45) is 5.41 Å². The van der Waals surface area contributed by atoms with E-state index in [1.54, 1.807) is 12.1 Å². The van der Waals surface area contributed by atoms with Gasteiger partial charge in [-0.2, -0.15) is 0 Å². The van der Waals surface area contributed by atoms with Gasteiger partial charge in [-0.05, 0) is 18.9 Å². The first-order valence-electron chi connectivity index (χ1n) is 6.40. The van der Waals surface area contributed by atoms with Gasteiger partial charge in [0, 0.05) is 17.0 Å². The predicted molar refractivity (Wildman–Crippen MR) is 71.1 cm³/mol. The third-order valence-corrected chi connectivity index (χ3v) is 4.13. The highest BCUT2D eigenvalue weighted by Gasteiger charge is 2.46. The number of aliphatic hydroxyl groups is 1. The molecular weight excluding hydrogens is 284 g/mol. The Morgan fingerprint density at radius 3 is 2.50 bits per heavy atom. The average Bonchev–Trinajstić information content (AvgIpc) is 3.24. The highest BCUT2D eigenvalue weighted by atomic mass is 35.5. The Morgan fingerprint density at radius 1 is 1.35 bits per heavy atom. The standard InChI is InChI=1S/C14H15ClO5/c1-18-13(17)12(16)8-4-10-11(5-9(8)15)20-7-14(2-3-14)6-19-10/h4-5,12,16H,2-3,6-7H2,1H3. The Hall–Kier alpha value is -1.46. The van der Waals surface area contributed by atoms with Gasteiger partial charge in [-0.1, -0.05) is 11.6 Å². The zero-order valence-corrected chi connectivity index (χ0v) is 11.8. The Kier molecular flexibility index (Phi) is 3.26. The van der Waals surface area contributed by atoms with Crippen molar-refractivity contribution in [2.45, 2.75) is 18.9 Å². The summed E-state index contributed by atoms with van der Waals surface area (Å²) in [4.78, 5) is 11.4. The fourth-order valence-electron chi connectivity index (χ4n) is 2.19. The number of aliphatic hydroxyl groups excluding tert-OH is 1. The van der Waals surface area contributed by atoms with Crippen LogP contribution in [0.2, 0.25) is 5.02 Å². The molecule has 0 aromatic heterocycles. The summed E-state index contributed by atoms with van der Waals surface area (Å²) in [6.45, 7) is 1.19. The summed E-state index contributed by atoms with van der Waals surface area (Å²) in [7, 11) is 1.21. The van der Waals surface area contributed by atoms with Gasteiger partial charge in [0.15, 0.2) is 17.6 Å². The number of rotatable bonds is 2. The first-order chi connectivity index (χ1) is 9.54. The normalized spacial score (nSPS) is 20.1. The van der Waals surface area contributed by atoms with Gasteiger partial charge < -0.3 is 19.3 Å². The lowest BCUT2D eigenvalue weighted by Gasteiger charge is -2.14. The summed E-state index contributed by atoms with van der Waals surface area (Å²) in [6.07, 6.45) is 0.748. The number of carbonyl (C=O) groups is 1. The summed E-state index contributed by atoms with van der Waals surface area (Å²) in [6, 6.07) is 3.11. The molecule has 0 amide bonds. The van der Waals surface area contributed by atoms with Gasteiger partial charge in [-0.25, -0.2) is 4.79 Å². The summed E-state index contributed by atoms with van der Waals surface area (Å²) in [5.41, 5.74) is 0.375. The third kappa shape index (κ3) is 2.31. The van der Waals surface area contributed by atoms with E-state index in [0.29, 0.717) is 24.7 Å². The van der Waals surface area contributed by atoms with Gasteiger partial charge in [0.05, 0.1) is 25.3 Å². The van der Waals surface area contributed by atoms with E-state index in [9.17, 15) is 9.90 Å². The molecule has 1 unspecified atom stereocenters. The smallest absolute Gasteiger partial charge is 0.339 e. The number of hydrogen-bond acceptors (Lipinski definition) is 5. The van der Waals surface area contributed by atoms with Crippen LogP contribution in [-0.4, -0.2) is 31.4 Å². The largest absolute Gasteiger partial charge is 0.489 e. The van der Waals surface area contributed by atoms with Crippen molar-refractivity contribution in [1.82, 2.24) is 0 Å².